The van der Waals surface area contributed by atoms with Crippen molar-refractivity contribution in [3.8, 4) is 0 Å². The van der Waals surface area contributed by atoms with E-state index >= 15 is 0 Å². The monoisotopic (exact) mass is 348 g/mol. The van der Waals surface area contributed by atoms with Crippen LogP contribution in [0.2, 0.25) is 0 Å². The van der Waals surface area contributed by atoms with Gasteiger partial charge in [0.15, 0.2) is 5.96 Å². The molecule has 0 radical (unpaired) electrons. The Labute approximate surface area is 150 Å². The van der Waals surface area contributed by atoms with Crippen LogP contribution < -0.4 is 16.0 Å². The second kappa shape index (κ2) is 10.8. The van der Waals surface area contributed by atoms with E-state index in [0.29, 0.717) is 18.5 Å². The maximum Gasteiger partial charge on any atom is 0.239 e. The Morgan fingerprint density at radius 1 is 1.32 bits per heavy atom. The van der Waals surface area contributed by atoms with E-state index in [2.05, 4.69) is 27.9 Å². The van der Waals surface area contributed by atoms with E-state index < -0.39 is 0 Å². The third-order valence-electron chi connectivity index (χ3n) is 4.80. The highest BCUT2D eigenvalue weighted by Gasteiger charge is 2.15. The zero-order valence-corrected chi connectivity index (χ0v) is 15.5. The first kappa shape index (κ1) is 19.3. The molecule has 0 saturated heterocycles. The zero-order valence-electron chi connectivity index (χ0n) is 15.5. The third kappa shape index (κ3) is 7.63. The summed E-state index contributed by atoms with van der Waals surface area (Å²) in [5.74, 6) is 2.21. The van der Waals surface area contributed by atoms with Crippen molar-refractivity contribution in [3.63, 3.8) is 0 Å². The fourth-order valence-electron chi connectivity index (χ4n) is 3.29. The Hall–Kier alpha value is -1.98. The predicted octanol–water partition coefficient (Wildman–Crippen LogP) is 2.81. The third-order valence-corrected chi connectivity index (χ3v) is 4.80. The van der Waals surface area contributed by atoms with Crippen molar-refractivity contribution in [2.45, 2.75) is 64.5 Å². The average molecular weight is 348 g/mol. The highest BCUT2D eigenvalue weighted by atomic mass is 16.3. The lowest BCUT2D eigenvalue weighted by atomic mass is 9.85. The van der Waals surface area contributed by atoms with Crippen molar-refractivity contribution in [2.24, 2.45) is 10.9 Å². The maximum absolute atomic E-state index is 11.9. The van der Waals surface area contributed by atoms with Crippen molar-refractivity contribution < 1.29 is 9.21 Å². The summed E-state index contributed by atoms with van der Waals surface area (Å²) in [5, 5.41) is 9.24. The second-order valence-corrected chi connectivity index (χ2v) is 6.91. The zero-order chi connectivity index (χ0) is 17.9. The molecule has 1 aromatic heterocycles. The molecule has 6 nitrogen and oxygen atoms in total. The van der Waals surface area contributed by atoms with Crippen LogP contribution in [0.3, 0.4) is 0 Å². The van der Waals surface area contributed by atoms with Crippen LogP contribution in [-0.2, 0) is 11.3 Å². The predicted molar refractivity (Wildman–Crippen MR) is 100 cm³/mol. The Morgan fingerprint density at radius 2 is 2.12 bits per heavy atom. The lowest BCUT2D eigenvalue weighted by Gasteiger charge is -2.24. The number of hydrogen-bond acceptors (Lipinski definition) is 3. The number of hydrogen-bond donors (Lipinski definition) is 3. The van der Waals surface area contributed by atoms with Gasteiger partial charge in [-0.05, 0) is 37.8 Å². The minimum absolute atomic E-state index is 0.0887. The molecule has 1 aliphatic rings. The Balaban J connectivity index is 1.60. The van der Waals surface area contributed by atoms with Crippen LogP contribution in [0.15, 0.2) is 27.8 Å². The molecule has 0 bridgehead atoms. The van der Waals surface area contributed by atoms with Gasteiger partial charge in [-0.25, -0.2) is 0 Å². The fraction of sp³-hybridized carbons (Fsp3) is 0.684. The van der Waals surface area contributed by atoms with Gasteiger partial charge < -0.3 is 20.4 Å². The van der Waals surface area contributed by atoms with E-state index in [-0.39, 0.29) is 12.5 Å². The Morgan fingerprint density at radius 3 is 2.80 bits per heavy atom. The highest BCUT2D eigenvalue weighted by molar-refractivity contribution is 5.86. The standard InChI is InChI=1S/C19H32N4O2/c1-15(10-11-16-7-4-3-5-8-16)23-19(20-2)22-14-18(24)21-13-17-9-6-12-25-17/h6,9,12,15-16H,3-5,7-8,10-11,13-14H2,1-2H3,(H,21,24)(H2,20,22,23). The number of amides is 1. The molecule has 2 rings (SSSR count). The fourth-order valence-corrected chi connectivity index (χ4v) is 3.29. The molecule has 1 fully saturated rings. The van der Waals surface area contributed by atoms with Gasteiger partial charge in [0.05, 0.1) is 19.4 Å². The lowest BCUT2D eigenvalue weighted by Crippen LogP contribution is -2.46. The van der Waals surface area contributed by atoms with Crippen molar-refractivity contribution >= 4 is 11.9 Å². The van der Waals surface area contributed by atoms with Gasteiger partial charge in [0, 0.05) is 13.1 Å². The van der Waals surface area contributed by atoms with Crippen molar-refractivity contribution in [3.05, 3.63) is 24.2 Å². The Kier molecular flexibility index (Phi) is 8.35. The summed E-state index contributed by atoms with van der Waals surface area (Å²) in [4.78, 5) is 16.1. The van der Waals surface area contributed by atoms with Crippen LogP contribution in [0, 0.1) is 5.92 Å². The lowest BCUT2D eigenvalue weighted by molar-refractivity contribution is -0.120. The number of nitrogens with one attached hydrogen (secondary N) is 3. The molecule has 1 amide bonds. The summed E-state index contributed by atoms with van der Waals surface area (Å²) in [6.07, 6.45) is 11.0. The molecule has 3 N–H and O–H groups in total. The summed E-state index contributed by atoms with van der Waals surface area (Å²) in [5.41, 5.74) is 0. The SMILES string of the molecule is CN=C(NCC(=O)NCc1ccco1)NC(C)CCC1CCCCC1. The molecule has 1 aromatic rings. The van der Waals surface area contributed by atoms with Crippen molar-refractivity contribution in [2.75, 3.05) is 13.6 Å². The number of nitrogens with zero attached hydrogens (tertiary/aromatic N) is 1. The number of carbonyl (C=O) groups excluding carboxylic acids is 1. The smallest absolute Gasteiger partial charge is 0.239 e. The van der Waals surface area contributed by atoms with Crippen LogP contribution in [0.5, 0.6) is 0 Å². The van der Waals surface area contributed by atoms with E-state index in [1.54, 1.807) is 19.4 Å². The molecule has 6 heteroatoms. The normalized spacial score (nSPS) is 17.1. The molecule has 1 atom stereocenters. The topological polar surface area (TPSA) is 78.7 Å². The largest absolute Gasteiger partial charge is 0.467 e. The molecular formula is C19H32N4O2. The molecule has 140 valence electrons. The van der Waals surface area contributed by atoms with Crippen molar-refractivity contribution in [1.82, 2.24) is 16.0 Å². The summed E-state index contributed by atoms with van der Waals surface area (Å²) in [6.45, 7) is 2.76. The number of guanidine groups is 1. The van der Waals surface area contributed by atoms with Crippen LogP contribution in [0.4, 0.5) is 0 Å². The first-order chi connectivity index (χ1) is 12.2. The highest BCUT2D eigenvalue weighted by Crippen LogP contribution is 2.27. The summed E-state index contributed by atoms with van der Waals surface area (Å²) in [6, 6.07) is 3.99. The van der Waals surface area contributed by atoms with Gasteiger partial charge in [0.25, 0.3) is 0 Å². The van der Waals surface area contributed by atoms with Gasteiger partial charge in [-0.15, -0.1) is 0 Å². The number of carbonyl (C=O) groups is 1. The second-order valence-electron chi connectivity index (χ2n) is 6.91. The summed E-state index contributed by atoms with van der Waals surface area (Å²) >= 11 is 0. The number of rotatable bonds is 8. The van der Waals surface area contributed by atoms with Crippen LogP contribution in [-0.4, -0.2) is 31.5 Å². The quantitative estimate of drug-likeness (QED) is 0.499. The Bertz CT molecular complexity index is 522. The average Bonchev–Trinajstić information content (AvgIpc) is 3.16. The number of furan rings is 1. The first-order valence-corrected chi connectivity index (χ1v) is 9.43. The molecule has 1 heterocycles. The van der Waals surface area contributed by atoms with Crippen molar-refractivity contribution in [1.29, 1.82) is 0 Å². The summed E-state index contributed by atoms with van der Waals surface area (Å²) in [7, 11) is 1.73. The van der Waals surface area contributed by atoms with E-state index in [4.69, 9.17) is 4.42 Å². The molecule has 0 aliphatic heterocycles. The minimum Gasteiger partial charge on any atom is -0.467 e. The van der Waals surface area contributed by atoms with Gasteiger partial charge >= 0.3 is 0 Å². The molecule has 1 saturated carbocycles. The first-order valence-electron chi connectivity index (χ1n) is 9.43. The van der Waals surface area contributed by atoms with Crippen LogP contribution in [0.1, 0.15) is 57.6 Å². The number of aliphatic imine (C=N–C) groups is 1. The minimum atomic E-state index is -0.0887. The van der Waals surface area contributed by atoms with E-state index in [1.165, 1.54) is 38.5 Å². The van der Waals surface area contributed by atoms with Gasteiger partial charge in [-0.1, -0.05) is 32.1 Å². The maximum atomic E-state index is 11.9. The van der Waals surface area contributed by atoms with Gasteiger partial charge in [-0.3, -0.25) is 9.79 Å². The van der Waals surface area contributed by atoms with E-state index in [1.807, 2.05) is 6.07 Å². The summed E-state index contributed by atoms with van der Waals surface area (Å²) < 4.78 is 5.19. The van der Waals surface area contributed by atoms with Crippen LogP contribution in [0.25, 0.3) is 0 Å². The molecular weight excluding hydrogens is 316 g/mol. The van der Waals surface area contributed by atoms with Gasteiger partial charge in [0.1, 0.15) is 5.76 Å². The van der Waals surface area contributed by atoms with Crippen LogP contribution >= 0.6 is 0 Å². The molecule has 1 aliphatic carbocycles. The molecule has 0 aromatic carbocycles. The molecule has 1 unspecified atom stereocenters. The van der Waals surface area contributed by atoms with E-state index in [0.717, 1.165) is 18.1 Å². The molecule has 0 spiro atoms. The van der Waals surface area contributed by atoms with Gasteiger partial charge in [-0.2, -0.15) is 0 Å². The molecule has 25 heavy (non-hydrogen) atoms. The van der Waals surface area contributed by atoms with Gasteiger partial charge in [0.2, 0.25) is 5.91 Å². The van der Waals surface area contributed by atoms with E-state index in [9.17, 15) is 4.79 Å².